The zero-order valence-corrected chi connectivity index (χ0v) is 15.4. The summed E-state index contributed by atoms with van der Waals surface area (Å²) in [6.45, 7) is 6.23. The number of hydrogen-bond donors (Lipinski definition) is 2. The maximum absolute atomic E-state index is 12.5. The number of nitrogens with zero attached hydrogens (tertiary/aromatic N) is 1. The van der Waals surface area contributed by atoms with E-state index < -0.39 is 10.0 Å². The largest absolute Gasteiger partial charge is 0.372 e. The van der Waals surface area contributed by atoms with E-state index in [1.54, 1.807) is 19.3 Å². The van der Waals surface area contributed by atoms with Crippen LogP contribution in [0.15, 0.2) is 21.6 Å². The van der Waals surface area contributed by atoms with Gasteiger partial charge in [-0.25, -0.2) is 18.1 Å². The average molecular weight is 378 g/mol. The van der Waals surface area contributed by atoms with Crippen LogP contribution in [0.25, 0.3) is 0 Å². The Morgan fingerprint density at radius 1 is 1.29 bits per heavy atom. The molecule has 1 atom stereocenters. The summed E-state index contributed by atoms with van der Waals surface area (Å²) in [6, 6.07) is 1.46. The molecule has 120 valence electrons. The Hall–Kier alpha value is -0.660. The van der Waals surface area contributed by atoms with Crippen molar-refractivity contribution >= 4 is 31.8 Å². The second-order valence-electron chi connectivity index (χ2n) is 5.60. The van der Waals surface area contributed by atoms with E-state index in [0.29, 0.717) is 16.2 Å². The zero-order valence-electron chi connectivity index (χ0n) is 13.0. The van der Waals surface area contributed by atoms with Crippen LogP contribution in [0, 0.1) is 5.92 Å². The summed E-state index contributed by atoms with van der Waals surface area (Å²) in [7, 11) is -1.93. The van der Waals surface area contributed by atoms with Crippen molar-refractivity contribution in [3.8, 4) is 0 Å². The lowest BCUT2D eigenvalue weighted by molar-refractivity contribution is 0.488. The molecular formula is C14H24BrN3O2S. The molecule has 0 saturated carbocycles. The molecule has 5 nitrogen and oxygen atoms in total. The molecule has 2 N–H and O–H groups in total. The lowest BCUT2D eigenvalue weighted by Crippen LogP contribution is -2.33. The number of nitrogens with one attached hydrogen (secondary N) is 2. The normalized spacial score (nSPS) is 13.4. The van der Waals surface area contributed by atoms with Gasteiger partial charge in [0, 0.05) is 23.8 Å². The second kappa shape index (κ2) is 8.10. The predicted octanol–water partition coefficient (Wildman–Crippen LogP) is 3.38. The van der Waals surface area contributed by atoms with Gasteiger partial charge in [-0.3, -0.25) is 0 Å². The molecule has 0 amide bonds. The molecule has 1 rings (SSSR count). The number of aromatic nitrogens is 1. The highest BCUT2D eigenvalue weighted by molar-refractivity contribution is 9.10. The molecule has 0 aliphatic rings. The van der Waals surface area contributed by atoms with Gasteiger partial charge in [0.15, 0.2) is 0 Å². The van der Waals surface area contributed by atoms with Crippen LogP contribution >= 0.6 is 15.9 Å². The molecule has 0 spiro atoms. The van der Waals surface area contributed by atoms with Crippen LogP contribution in [0.2, 0.25) is 0 Å². The Bertz CT molecular complexity index is 561. The number of anilines is 1. The van der Waals surface area contributed by atoms with Crippen LogP contribution in [-0.2, 0) is 10.0 Å². The first-order valence-corrected chi connectivity index (χ1v) is 9.39. The number of halogens is 1. The van der Waals surface area contributed by atoms with Gasteiger partial charge in [-0.05, 0) is 41.3 Å². The van der Waals surface area contributed by atoms with E-state index in [1.165, 1.54) is 0 Å². The van der Waals surface area contributed by atoms with Gasteiger partial charge in [0.25, 0.3) is 0 Å². The third-order valence-corrected chi connectivity index (χ3v) is 5.16. The minimum absolute atomic E-state index is 0.0996. The zero-order chi connectivity index (χ0) is 16.0. The van der Waals surface area contributed by atoms with Crippen LogP contribution in [0.1, 0.15) is 40.0 Å². The van der Waals surface area contributed by atoms with Gasteiger partial charge in [0.2, 0.25) is 10.0 Å². The molecule has 0 bridgehead atoms. The van der Waals surface area contributed by atoms with Crippen LogP contribution in [0.4, 0.5) is 5.82 Å². The fourth-order valence-corrected chi connectivity index (χ4v) is 3.98. The van der Waals surface area contributed by atoms with Crippen LogP contribution in [0.3, 0.4) is 0 Å². The molecule has 7 heteroatoms. The molecule has 0 saturated heterocycles. The van der Waals surface area contributed by atoms with Crippen molar-refractivity contribution in [3.05, 3.63) is 16.7 Å². The lowest BCUT2D eigenvalue weighted by atomic mass is 10.0. The summed E-state index contributed by atoms with van der Waals surface area (Å²) < 4.78 is 28.3. The van der Waals surface area contributed by atoms with E-state index in [9.17, 15) is 8.42 Å². The smallest absolute Gasteiger partial charge is 0.244 e. The Kier molecular flexibility index (Phi) is 7.09. The van der Waals surface area contributed by atoms with Crippen LogP contribution in [0.5, 0.6) is 0 Å². The minimum atomic E-state index is -3.58. The highest BCUT2D eigenvalue weighted by Gasteiger charge is 2.22. The van der Waals surface area contributed by atoms with E-state index in [4.69, 9.17) is 0 Å². The molecule has 0 aliphatic carbocycles. The van der Waals surface area contributed by atoms with Gasteiger partial charge in [-0.1, -0.05) is 26.7 Å². The van der Waals surface area contributed by atoms with E-state index >= 15 is 0 Å². The fourth-order valence-electron chi connectivity index (χ4n) is 2.03. The SMILES string of the molecule is CNc1ncc(Br)cc1S(=O)(=O)NC(C)CCCC(C)C. The molecule has 0 aliphatic heterocycles. The second-order valence-corrected chi connectivity index (χ2v) is 8.20. The van der Waals surface area contributed by atoms with Crippen molar-refractivity contribution < 1.29 is 8.42 Å². The van der Waals surface area contributed by atoms with E-state index in [2.05, 4.69) is 44.8 Å². The first-order chi connectivity index (χ1) is 9.76. The molecular weight excluding hydrogens is 354 g/mol. The number of hydrogen-bond acceptors (Lipinski definition) is 4. The van der Waals surface area contributed by atoms with Crippen molar-refractivity contribution in [3.63, 3.8) is 0 Å². The molecule has 0 radical (unpaired) electrons. The molecule has 1 heterocycles. The summed E-state index contributed by atoms with van der Waals surface area (Å²) in [6.07, 6.45) is 4.51. The fraction of sp³-hybridized carbons (Fsp3) is 0.643. The first-order valence-electron chi connectivity index (χ1n) is 7.12. The summed E-state index contributed by atoms with van der Waals surface area (Å²) in [5.41, 5.74) is 0. The van der Waals surface area contributed by atoms with Gasteiger partial charge < -0.3 is 5.32 Å². The molecule has 0 fully saturated rings. The van der Waals surface area contributed by atoms with Crippen molar-refractivity contribution in [1.82, 2.24) is 9.71 Å². The maximum atomic E-state index is 12.5. The summed E-state index contributed by atoms with van der Waals surface area (Å²) in [5, 5.41) is 2.81. The lowest BCUT2D eigenvalue weighted by Gasteiger charge is -2.16. The predicted molar refractivity (Wildman–Crippen MR) is 90.0 cm³/mol. The van der Waals surface area contributed by atoms with Gasteiger partial charge in [0.1, 0.15) is 10.7 Å². The van der Waals surface area contributed by atoms with Gasteiger partial charge in [0.05, 0.1) is 0 Å². The molecule has 1 aromatic heterocycles. The Labute approximate surface area is 136 Å². The van der Waals surface area contributed by atoms with Crippen molar-refractivity contribution in [2.24, 2.45) is 5.92 Å². The van der Waals surface area contributed by atoms with Crippen LogP contribution in [-0.4, -0.2) is 26.5 Å². The van der Waals surface area contributed by atoms with Crippen molar-refractivity contribution in [2.75, 3.05) is 12.4 Å². The highest BCUT2D eigenvalue weighted by Crippen LogP contribution is 2.23. The van der Waals surface area contributed by atoms with E-state index in [-0.39, 0.29) is 10.9 Å². The van der Waals surface area contributed by atoms with Crippen LogP contribution < -0.4 is 10.0 Å². The van der Waals surface area contributed by atoms with Gasteiger partial charge >= 0.3 is 0 Å². The number of sulfonamides is 1. The molecule has 1 aromatic rings. The summed E-state index contributed by atoms with van der Waals surface area (Å²) in [4.78, 5) is 4.24. The maximum Gasteiger partial charge on any atom is 0.244 e. The molecule has 21 heavy (non-hydrogen) atoms. The molecule has 0 aromatic carbocycles. The summed E-state index contributed by atoms with van der Waals surface area (Å²) in [5.74, 6) is 0.985. The van der Waals surface area contributed by atoms with Gasteiger partial charge in [-0.15, -0.1) is 0 Å². The Morgan fingerprint density at radius 3 is 2.52 bits per heavy atom. The molecule has 1 unspecified atom stereocenters. The van der Waals surface area contributed by atoms with Crippen molar-refractivity contribution in [2.45, 2.75) is 51.0 Å². The van der Waals surface area contributed by atoms with E-state index in [1.807, 2.05) is 6.92 Å². The third-order valence-electron chi connectivity index (χ3n) is 3.12. The van der Waals surface area contributed by atoms with Gasteiger partial charge in [-0.2, -0.15) is 0 Å². The third kappa shape index (κ3) is 5.92. The average Bonchev–Trinajstić information content (AvgIpc) is 2.37. The monoisotopic (exact) mass is 377 g/mol. The summed E-state index contributed by atoms with van der Waals surface area (Å²) >= 11 is 3.26. The highest BCUT2D eigenvalue weighted by atomic mass is 79.9. The number of rotatable bonds is 8. The number of pyridine rings is 1. The standard InChI is InChI=1S/C14H24BrN3O2S/c1-10(2)6-5-7-11(3)18-21(19,20)13-8-12(15)9-17-14(13)16-4/h8-11,18H,5-7H2,1-4H3,(H,16,17). The van der Waals surface area contributed by atoms with E-state index in [0.717, 1.165) is 19.3 Å². The minimum Gasteiger partial charge on any atom is -0.372 e. The topological polar surface area (TPSA) is 71.1 Å². The Morgan fingerprint density at radius 2 is 1.95 bits per heavy atom. The van der Waals surface area contributed by atoms with Crippen molar-refractivity contribution in [1.29, 1.82) is 0 Å². The first kappa shape index (κ1) is 18.4. The quantitative estimate of drug-likeness (QED) is 0.728. The Balaban J connectivity index is 2.79.